The topological polar surface area (TPSA) is 18.5 Å². The molecule has 3 heteroatoms. The summed E-state index contributed by atoms with van der Waals surface area (Å²) in [6.07, 6.45) is 9.85. The summed E-state index contributed by atoms with van der Waals surface area (Å²) in [5.41, 5.74) is 2.99. The van der Waals surface area contributed by atoms with E-state index in [0.29, 0.717) is 6.04 Å². The highest BCUT2D eigenvalue weighted by Crippen LogP contribution is 2.39. The van der Waals surface area contributed by atoms with Crippen LogP contribution in [0.25, 0.3) is 0 Å². The van der Waals surface area contributed by atoms with Crippen LogP contribution in [0.15, 0.2) is 24.3 Å². The summed E-state index contributed by atoms with van der Waals surface area (Å²) in [5.74, 6) is 0.856. The first-order chi connectivity index (χ1) is 11.9. The number of rotatable bonds is 4. The van der Waals surface area contributed by atoms with Gasteiger partial charge < -0.3 is 10.2 Å². The lowest BCUT2D eigenvalue weighted by Gasteiger charge is -2.41. The van der Waals surface area contributed by atoms with Crippen molar-refractivity contribution >= 4 is 5.69 Å². The van der Waals surface area contributed by atoms with Crippen molar-refractivity contribution in [2.24, 2.45) is 5.92 Å². The van der Waals surface area contributed by atoms with Crippen LogP contribution in [0.3, 0.4) is 0 Å². The van der Waals surface area contributed by atoms with Crippen molar-refractivity contribution in [2.75, 3.05) is 44.2 Å². The van der Waals surface area contributed by atoms with Crippen LogP contribution in [-0.2, 0) is 0 Å². The predicted molar refractivity (Wildman–Crippen MR) is 102 cm³/mol. The van der Waals surface area contributed by atoms with E-state index in [1.54, 1.807) is 5.56 Å². The van der Waals surface area contributed by atoms with Crippen molar-refractivity contribution in [3.05, 3.63) is 29.8 Å². The molecule has 0 radical (unpaired) electrons. The summed E-state index contributed by atoms with van der Waals surface area (Å²) in [6.45, 7) is 7.18. The van der Waals surface area contributed by atoms with Crippen molar-refractivity contribution in [2.45, 2.75) is 51.0 Å². The molecule has 3 aliphatic rings. The maximum atomic E-state index is 3.52. The smallest absolute Gasteiger partial charge is 0.0377 e. The summed E-state index contributed by atoms with van der Waals surface area (Å²) in [4.78, 5) is 5.31. The second kappa shape index (κ2) is 7.88. The van der Waals surface area contributed by atoms with Gasteiger partial charge in [0, 0.05) is 51.0 Å². The predicted octanol–water partition coefficient (Wildman–Crippen LogP) is 3.81. The van der Waals surface area contributed by atoms with E-state index in [4.69, 9.17) is 0 Å². The zero-order valence-corrected chi connectivity index (χ0v) is 15.1. The lowest BCUT2D eigenvalue weighted by atomic mass is 9.80. The van der Waals surface area contributed by atoms with Gasteiger partial charge in [0.1, 0.15) is 0 Å². The third-order valence-electron chi connectivity index (χ3n) is 6.35. The number of anilines is 1. The van der Waals surface area contributed by atoms with Gasteiger partial charge in [0.2, 0.25) is 0 Å². The second-order valence-electron chi connectivity index (χ2n) is 7.91. The number of piperazine rings is 1. The fourth-order valence-electron chi connectivity index (χ4n) is 5.05. The number of benzene rings is 1. The van der Waals surface area contributed by atoms with Crippen molar-refractivity contribution in [3.8, 4) is 0 Å². The fraction of sp³-hybridized carbons (Fsp3) is 0.714. The van der Waals surface area contributed by atoms with E-state index in [9.17, 15) is 0 Å². The van der Waals surface area contributed by atoms with Gasteiger partial charge in [-0.2, -0.15) is 0 Å². The molecule has 24 heavy (non-hydrogen) atoms. The van der Waals surface area contributed by atoms with E-state index in [0.717, 1.165) is 19.0 Å². The van der Waals surface area contributed by atoms with Crippen molar-refractivity contribution in [3.63, 3.8) is 0 Å². The molecule has 1 atom stereocenters. The molecule has 2 heterocycles. The third kappa shape index (κ3) is 3.62. The Balaban J connectivity index is 1.54. The largest absolute Gasteiger partial charge is 0.372 e. The summed E-state index contributed by atoms with van der Waals surface area (Å²) in [6, 6.07) is 10.3. The highest BCUT2D eigenvalue weighted by Gasteiger charge is 2.30. The van der Waals surface area contributed by atoms with Gasteiger partial charge in [0.25, 0.3) is 0 Å². The Morgan fingerprint density at radius 3 is 2.12 bits per heavy atom. The molecule has 0 amide bonds. The second-order valence-corrected chi connectivity index (χ2v) is 7.91. The van der Waals surface area contributed by atoms with E-state index < -0.39 is 0 Å². The average molecular weight is 328 g/mol. The van der Waals surface area contributed by atoms with Gasteiger partial charge >= 0.3 is 0 Å². The first kappa shape index (κ1) is 16.4. The maximum Gasteiger partial charge on any atom is 0.0377 e. The summed E-state index contributed by atoms with van der Waals surface area (Å²) < 4.78 is 0. The van der Waals surface area contributed by atoms with Crippen LogP contribution < -0.4 is 10.2 Å². The van der Waals surface area contributed by atoms with E-state index in [1.807, 2.05) is 0 Å². The molecule has 2 saturated heterocycles. The normalized spacial score (nSPS) is 25.1. The van der Waals surface area contributed by atoms with Crippen LogP contribution in [0.2, 0.25) is 0 Å². The molecule has 4 rings (SSSR count). The highest BCUT2D eigenvalue weighted by atomic mass is 15.2. The van der Waals surface area contributed by atoms with Gasteiger partial charge in [0.15, 0.2) is 0 Å². The number of nitrogens with one attached hydrogen (secondary N) is 1. The summed E-state index contributed by atoms with van der Waals surface area (Å²) in [5, 5.41) is 3.52. The third-order valence-corrected chi connectivity index (χ3v) is 6.35. The van der Waals surface area contributed by atoms with Crippen LogP contribution in [-0.4, -0.2) is 44.2 Å². The molecule has 1 N–H and O–H groups in total. The van der Waals surface area contributed by atoms with E-state index >= 15 is 0 Å². The molecule has 2 aliphatic heterocycles. The minimum absolute atomic E-state index is 0.639. The van der Waals surface area contributed by atoms with E-state index in [1.165, 1.54) is 76.8 Å². The first-order valence-corrected chi connectivity index (χ1v) is 10.2. The minimum atomic E-state index is 0.639. The fourth-order valence-corrected chi connectivity index (χ4v) is 5.05. The molecule has 1 aromatic rings. The zero-order valence-electron chi connectivity index (χ0n) is 15.1. The van der Waals surface area contributed by atoms with Gasteiger partial charge in [-0.25, -0.2) is 0 Å². The number of nitrogens with zero attached hydrogens (tertiary/aromatic N) is 2. The van der Waals surface area contributed by atoms with Gasteiger partial charge in [-0.3, -0.25) is 4.90 Å². The highest BCUT2D eigenvalue weighted by molar-refractivity contribution is 5.48. The Kier molecular flexibility index (Phi) is 5.39. The van der Waals surface area contributed by atoms with Gasteiger partial charge in [-0.15, -0.1) is 0 Å². The molecule has 1 aliphatic carbocycles. The van der Waals surface area contributed by atoms with Crippen LogP contribution in [0.5, 0.6) is 0 Å². The molecule has 0 unspecified atom stereocenters. The Bertz CT molecular complexity index is 476. The Labute approximate surface area is 147 Å². The standard InChI is InChI=1S/C21H33N3/c1-2-6-18(7-3-1)21(24-16-12-22-13-17-24)19-8-10-20(11-9-19)23-14-4-5-15-23/h8-11,18,21-22H,1-7,12-17H2/t21-/m0/s1. The molecule has 1 aromatic carbocycles. The molecule has 0 aromatic heterocycles. The number of hydrogen-bond acceptors (Lipinski definition) is 3. The lowest BCUT2D eigenvalue weighted by molar-refractivity contribution is 0.103. The van der Waals surface area contributed by atoms with Crippen LogP contribution in [0, 0.1) is 5.92 Å². The molecular weight excluding hydrogens is 294 g/mol. The van der Waals surface area contributed by atoms with Crippen LogP contribution >= 0.6 is 0 Å². The molecule has 0 bridgehead atoms. The molecule has 3 fully saturated rings. The first-order valence-electron chi connectivity index (χ1n) is 10.2. The molecule has 132 valence electrons. The van der Waals surface area contributed by atoms with Gasteiger partial charge in [-0.1, -0.05) is 31.4 Å². The monoisotopic (exact) mass is 327 g/mol. The maximum absolute atomic E-state index is 3.52. The SMILES string of the molecule is c1cc(N2CCCC2)ccc1[C@H](C1CCCCC1)N1CCNCC1. The van der Waals surface area contributed by atoms with Gasteiger partial charge in [-0.05, 0) is 49.3 Å². The minimum Gasteiger partial charge on any atom is -0.372 e. The van der Waals surface area contributed by atoms with Crippen molar-refractivity contribution in [1.29, 1.82) is 0 Å². The van der Waals surface area contributed by atoms with E-state index in [-0.39, 0.29) is 0 Å². The van der Waals surface area contributed by atoms with Crippen molar-refractivity contribution in [1.82, 2.24) is 10.2 Å². The van der Waals surface area contributed by atoms with Crippen molar-refractivity contribution < 1.29 is 0 Å². The van der Waals surface area contributed by atoms with E-state index in [2.05, 4.69) is 39.4 Å². The molecule has 0 spiro atoms. The number of hydrogen-bond donors (Lipinski definition) is 1. The van der Waals surface area contributed by atoms with Crippen LogP contribution in [0.4, 0.5) is 5.69 Å². The van der Waals surface area contributed by atoms with Crippen LogP contribution in [0.1, 0.15) is 56.6 Å². The molecule has 3 nitrogen and oxygen atoms in total. The van der Waals surface area contributed by atoms with Gasteiger partial charge in [0.05, 0.1) is 0 Å². The Morgan fingerprint density at radius 1 is 0.792 bits per heavy atom. The molecular formula is C21H33N3. The Hall–Kier alpha value is -1.06. The average Bonchev–Trinajstić information content (AvgIpc) is 3.19. The zero-order chi connectivity index (χ0) is 16.2. The quantitative estimate of drug-likeness (QED) is 0.907. The summed E-state index contributed by atoms with van der Waals surface area (Å²) >= 11 is 0. The lowest BCUT2D eigenvalue weighted by Crippen LogP contribution is -2.47. The molecule has 1 saturated carbocycles. The summed E-state index contributed by atoms with van der Waals surface area (Å²) in [7, 11) is 0. The Morgan fingerprint density at radius 2 is 1.46 bits per heavy atom.